The molecule has 2 rings (SSSR count). The average molecular weight is 388 g/mol. The molecule has 0 bridgehead atoms. The molecule has 0 aromatic heterocycles. The summed E-state index contributed by atoms with van der Waals surface area (Å²) in [4.78, 5) is 20.5. The van der Waals surface area contributed by atoms with Gasteiger partial charge >= 0.3 is 0 Å². The molecule has 0 radical (unpaired) electrons. The van der Waals surface area contributed by atoms with E-state index in [0.717, 1.165) is 32.0 Å². The molecule has 1 aliphatic rings. The molecule has 0 saturated carbocycles. The molecule has 1 saturated heterocycles. The third-order valence-electron chi connectivity index (χ3n) is 5.27. The first kappa shape index (κ1) is 22.2. The molecule has 0 aliphatic carbocycles. The Kier molecular flexibility index (Phi) is 8.77. The highest BCUT2D eigenvalue weighted by Crippen LogP contribution is 2.15. The van der Waals surface area contributed by atoms with Gasteiger partial charge in [0.05, 0.1) is 0 Å². The Morgan fingerprint density at radius 1 is 1.21 bits per heavy atom. The predicted octanol–water partition coefficient (Wildman–Crippen LogP) is 1.95. The van der Waals surface area contributed by atoms with Gasteiger partial charge in [0.15, 0.2) is 5.96 Å². The van der Waals surface area contributed by atoms with Gasteiger partial charge in [-0.2, -0.15) is 0 Å². The van der Waals surface area contributed by atoms with E-state index >= 15 is 0 Å². The Morgan fingerprint density at radius 3 is 2.57 bits per heavy atom. The summed E-state index contributed by atoms with van der Waals surface area (Å²) < 4.78 is 0. The van der Waals surface area contributed by atoms with Gasteiger partial charge in [0.2, 0.25) is 5.91 Å². The summed E-state index contributed by atoms with van der Waals surface area (Å²) >= 11 is 0. The molecular formula is C22H37N5O. The minimum atomic E-state index is 0.00598. The van der Waals surface area contributed by atoms with Crippen molar-refractivity contribution in [3.8, 4) is 0 Å². The lowest BCUT2D eigenvalue weighted by Crippen LogP contribution is -2.45. The quantitative estimate of drug-likeness (QED) is 0.529. The molecule has 6 nitrogen and oxygen atoms in total. The standard InChI is InChI=1S/C22H37N5O/c1-6-27-11-7-8-20(27)15-24-22(25-16-21(28)26(4)5)23-10-9-19-13-17(2)12-18(3)14-19/h12-14,20H,6-11,15-16H2,1-5H3,(H2,23,24,25). The van der Waals surface area contributed by atoms with Crippen LogP contribution in [-0.2, 0) is 11.2 Å². The van der Waals surface area contributed by atoms with Crippen LogP contribution in [0.5, 0.6) is 0 Å². The van der Waals surface area contributed by atoms with E-state index in [1.165, 1.54) is 36.1 Å². The largest absolute Gasteiger partial charge is 0.356 e. The third kappa shape index (κ3) is 7.15. The fourth-order valence-corrected chi connectivity index (χ4v) is 3.76. The molecule has 1 heterocycles. The van der Waals surface area contributed by atoms with E-state index in [1.54, 1.807) is 19.0 Å². The van der Waals surface area contributed by atoms with Crippen LogP contribution >= 0.6 is 0 Å². The van der Waals surface area contributed by atoms with E-state index in [0.29, 0.717) is 6.04 Å². The number of likely N-dealkylation sites (N-methyl/N-ethyl adjacent to an activating group) is 2. The lowest BCUT2D eigenvalue weighted by atomic mass is 10.1. The lowest BCUT2D eigenvalue weighted by molar-refractivity contribution is -0.127. The van der Waals surface area contributed by atoms with E-state index in [4.69, 9.17) is 0 Å². The second kappa shape index (κ2) is 11.1. The van der Waals surface area contributed by atoms with Crippen molar-refractivity contribution in [1.82, 2.24) is 20.4 Å². The molecular weight excluding hydrogens is 350 g/mol. The number of likely N-dealkylation sites (tertiary alicyclic amines) is 1. The summed E-state index contributed by atoms with van der Waals surface area (Å²) in [7, 11) is 3.52. The van der Waals surface area contributed by atoms with Crippen LogP contribution < -0.4 is 10.6 Å². The molecule has 1 fully saturated rings. The summed E-state index contributed by atoms with van der Waals surface area (Å²) in [6.45, 7) is 10.5. The Hall–Kier alpha value is -2.08. The molecule has 1 atom stereocenters. The molecule has 2 N–H and O–H groups in total. The molecule has 1 unspecified atom stereocenters. The Balaban J connectivity index is 1.92. The fourth-order valence-electron chi connectivity index (χ4n) is 3.76. The second-order valence-corrected chi connectivity index (χ2v) is 7.93. The first-order valence-electron chi connectivity index (χ1n) is 10.4. The number of carbonyl (C=O) groups excluding carboxylic acids is 1. The van der Waals surface area contributed by atoms with E-state index in [1.807, 2.05) is 0 Å². The van der Waals surface area contributed by atoms with E-state index in [9.17, 15) is 4.79 Å². The Labute approximate surface area is 170 Å². The number of benzene rings is 1. The molecule has 1 aliphatic heterocycles. The topological polar surface area (TPSA) is 60.0 Å². The maximum Gasteiger partial charge on any atom is 0.243 e. The maximum absolute atomic E-state index is 11.9. The Morgan fingerprint density at radius 2 is 1.93 bits per heavy atom. The van der Waals surface area contributed by atoms with Crippen LogP contribution in [0.25, 0.3) is 0 Å². The van der Waals surface area contributed by atoms with E-state index in [2.05, 4.69) is 59.5 Å². The van der Waals surface area contributed by atoms with E-state index < -0.39 is 0 Å². The summed E-state index contributed by atoms with van der Waals surface area (Å²) in [5, 5.41) is 6.86. The minimum Gasteiger partial charge on any atom is -0.356 e. The second-order valence-electron chi connectivity index (χ2n) is 7.93. The zero-order valence-electron chi connectivity index (χ0n) is 18.2. The van der Waals surface area contributed by atoms with Gasteiger partial charge in [0.25, 0.3) is 0 Å². The van der Waals surface area contributed by atoms with Crippen molar-refractivity contribution in [1.29, 1.82) is 0 Å². The monoisotopic (exact) mass is 387 g/mol. The van der Waals surface area contributed by atoms with Gasteiger partial charge < -0.3 is 15.5 Å². The van der Waals surface area contributed by atoms with Crippen molar-refractivity contribution in [2.24, 2.45) is 4.99 Å². The molecule has 1 amide bonds. The smallest absolute Gasteiger partial charge is 0.243 e. The van der Waals surface area contributed by atoms with E-state index in [-0.39, 0.29) is 12.5 Å². The maximum atomic E-state index is 11.9. The van der Waals surface area contributed by atoms with Gasteiger partial charge in [-0.15, -0.1) is 0 Å². The molecule has 6 heteroatoms. The van der Waals surface area contributed by atoms with Crippen LogP contribution in [0.2, 0.25) is 0 Å². The van der Waals surface area contributed by atoms with Crippen molar-refractivity contribution in [2.75, 3.05) is 46.8 Å². The normalized spacial score (nSPS) is 17.6. The number of nitrogens with one attached hydrogen (secondary N) is 2. The first-order valence-corrected chi connectivity index (χ1v) is 10.4. The number of aliphatic imine (C=N–C) groups is 1. The number of nitrogens with zero attached hydrogens (tertiary/aromatic N) is 3. The fraction of sp³-hybridized carbons (Fsp3) is 0.636. The zero-order chi connectivity index (χ0) is 20.5. The minimum absolute atomic E-state index is 0.00598. The van der Waals surface area contributed by atoms with Gasteiger partial charge in [-0.1, -0.05) is 36.2 Å². The SMILES string of the molecule is CCN1CCCC1CNC(=NCC(=O)N(C)C)NCCc1cc(C)cc(C)c1. The molecule has 1 aromatic rings. The van der Waals surface area contributed by atoms with Crippen molar-refractivity contribution in [3.63, 3.8) is 0 Å². The number of amides is 1. The van der Waals surface area contributed by atoms with Gasteiger partial charge in [-0.05, 0) is 51.8 Å². The van der Waals surface area contributed by atoms with Gasteiger partial charge in [-0.25, -0.2) is 4.99 Å². The highest BCUT2D eigenvalue weighted by Gasteiger charge is 2.22. The van der Waals surface area contributed by atoms with Crippen molar-refractivity contribution in [3.05, 3.63) is 34.9 Å². The van der Waals surface area contributed by atoms with Gasteiger partial charge in [0, 0.05) is 33.2 Å². The van der Waals surface area contributed by atoms with Crippen LogP contribution in [0.3, 0.4) is 0 Å². The Bertz CT molecular complexity index is 651. The van der Waals surface area contributed by atoms with Crippen molar-refractivity contribution in [2.45, 2.75) is 46.1 Å². The summed E-state index contributed by atoms with van der Waals surface area (Å²) in [5.74, 6) is 0.731. The molecule has 1 aromatic carbocycles. The molecule has 0 spiro atoms. The van der Waals surface area contributed by atoms with Crippen molar-refractivity contribution < 1.29 is 4.79 Å². The van der Waals surface area contributed by atoms with Crippen LogP contribution in [0.4, 0.5) is 0 Å². The predicted molar refractivity (Wildman–Crippen MR) is 117 cm³/mol. The number of guanidine groups is 1. The van der Waals surface area contributed by atoms with Crippen LogP contribution in [-0.4, -0.2) is 74.5 Å². The number of rotatable bonds is 8. The summed E-state index contributed by atoms with van der Waals surface area (Å²) in [5.41, 5.74) is 3.90. The molecule has 156 valence electrons. The van der Waals surface area contributed by atoms with Gasteiger partial charge in [-0.3, -0.25) is 9.69 Å². The zero-order valence-corrected chi connectivity index (χ0v) is 18.2. The first-order chi connectivity index (χ1) is 13.4. The summed E-state index contributed by atoms with van der Waals surface area (Å²) in [6, 6.07) is 7.19. The van der Waals surface area contributed by atoms with Crippen LogP contribution in [0, 0.1) is 13.8 Å². The summed E-state index contributed by atoms with van der Waals surface area (Å²) in [6.07, 6.45) is 3.40. The average Bonchev–Trinajstić information content (AvgIpc) is 3.09. The number of aryl methyl sites for hydroxylation is 2. The highest BCUT2D eigenvalue weighted by molar-refractivity contribution is 5.84. The number of hydrogen-bond donors (Lipinski definition) is 2. The van der Waals surface area contributed by atoms with Crippen molar-refractivity contribution >= 4 is 11.9 Å². The third-order valence-corrected chi connectivity index (χ3v) is 5.27. The molecule has 28 heavy (non-hydrogen) atoms. The number of hydrogen-bond acceptors (Lipinski definition) is 3. The van der Waals surface area contributed by atoms with Gasteiger partial charge in [0.1, 0.15) is 6.54 Å². The highest BCUT2D eigenvalue weighted by atomic mass is 16.2. The van der Waals surface area contributed by atoms with Crippen LogP contribution in [0.1, 0.15) is 36.5 Å². The lowest BCUT2D eigenvalue weighted by Gasteiger charge is -2.24. The van der Waals surface area contributed by atoms with Crippen LogP contribution in [0.15, 0.2) is 23.2 Å². The number of carbonyl (C=O) groups is 1.